The number of carbonyl (C=O) groups is 1. The van der Waals surface area contributed by atoms with E-state index < -0.39 is 25.8 Å². The highest BCUT2D eigenvalue weighted by molar-refractivity contribution is 7.91. The molecule has 9 heteroatoms. The van der Waals surface area contributed by atoms with Gasteiger partial charge in [0.1, 0.15) is 11.5 Å². The lowest BCUT2D eigenvalue weighted by Gasteiger charge is -2.06. The Bertz CT molecular complexity index is 1000. The predicted octanol–water partition coefficient (Wildman–Crippen LogP) is 1.51. The van der Waals surface area contributed by atoms with Crippen LogP contribution in [0.25, 0.3) is 6.08 Å². The topological polar surface area (TPSA) is 111 Å². The second-order valence-corrected chi connectivity index (χ2v) is 8.70. The summed E-state index contributed by atoms with van der Waals surface area (Å²) in [6.45, 7) is 1.73. The van der Waals surface area contributed by atoms with E-state index in [1.807, 2.05) is 4.72 Å². The van der Waals surface area contributed by atoms with E-state index in [9.17, 15) is 21.6 Å². The quantitative estimate of drug-likeness (QED) is 0.800. The van der Waals surface area contributed by atoms with Crippen molar-refractivity contribution in [2.75, 3.05) is 6.26 Å². The van der Waals surface area contributed by atoms with Crippen molar-refractivity contribution in [2.24, 2.45) is 0 Å². The van der Waals surface area contributed by atoms with Crippen molar-refractivity contribution in [3.05, 3.63) is 54.0 Å². The standard InChI is InChI=1S/C15H15NO6S2/c1-11-6-7-12(22-11)8-9-15(17)16-24(20,21)14-5-3-4-13(10-14)23(2,18)19/h3-10H,1-2H3,(H,16,17)/b9-8+. The number of rotatable bonds is 5. The SMILES string of the molecule is Cc1ccc(/C=C/C(=O)NS(=O)(=O)c2cccc(S(C)(=O)=O)c2)o1. The molecule has 1 aromatic heterocycles. The van der Waals surface area contributed by atoms with Gasteiger partial charge in [0.15, 0.2) is 9.84 Å². The van der Waals surface area contributed by atoms with Crippen LogP contribution in [0.15, 0.2) is 56.7 Å². The summed E-state index contributed by atoms with van der Waals surface area (Å²) in [7, 11) is -7.75. The zero-order valence-corrected chi connectivity index (χ0v) is 14.5. The van der Waals surface area contributed by atoms with E-state index in [0.717, 1.165) is 18.4 Å². The average Bonchev–Trinajstić information content (AvgIpc) is 2.90. The highest BCUT2D eigenvalue weighted by Gasteiger charge is 2.18. The lowest BCUT2D eigenvalue weighted by atomic mass is 10.4. The van der Waals surface area contributed by atoms with Crippen LogP contribution in [-0.2, 0) is 24.7 Å². The summed E-state index contributed by atoms with van der Waals surface area (Å²) in [5.74, 6) is 0.174. The van der Waals surface area contributed by atoms with E-state index in [4.69, 9.17) is 4.42 Å². The van der Waals surface area contributed by atoms with E-state index in [1.54, 1.807) is 19.1 Å². The maximum atomic E-state index is 12.2. The van der Waals surface area contributed by atoms with Crippen molar-refractivity contribution in [2.45, 2.75) is 16.7 Å². The Morgan fingerprint density at radius 2 is 1.75 bits per heavy atom. The number of carbonyl (C=O) groups excluding carboxylic acids is 1. The fourth-order valence-electron chi connectivity index (χ4n) is 1.80. The molecule has 0 fully saturated rings. The zero-order valence-electron chi connectivity index (χ0n) is 12.9. The molecular formula is C15H15NO6S2. The molecule has 0 atom stereocenters. The molecule has 0 saturated heterocycles. The van der Waals surface area contributed by atoms with Gasteiger partial charge in [0.05, 0.1) is 9.79 Å². The lowest BCUT2D eigenvalue weighted by molar-refractivity contribution is -0.114. The Morgan fingerprint density at radius 3 is 2.33 bits per heavy atom. The van der Waals surface area contributed by atoms with Crippen LogP contribution in [0.4, 0.5) is 0 Å². The molecule has 1 N–H and O–H groups in total. The van der Waals surface area contributed by atoms with Gasteiger partial charge >= 0.3 is 0 Å². The van der Waals surface area contributed by atoms with Crippen LogP contribution in [0.3, 0.4) is 0 Å². The molecule has 1 aromatic carbocycles. The second-order valence-electron chi connectivity index (χ2n) is 5.00. The minimum Gasteiger partial charge on any atom is -0.462 e. The molecule has 0 aliphatic rings. The number of benzene rings is 1. The number of nitrogens with one attached hydrogen (secondary N) is 1. The Kier molecular flexibility index (Phi) is 4.95. The van der Waals surface area contributed by atoms with Crippen LogP contribution in [-0.4, -0.2) is 29.0 Å². The first-order valence-corrected chi connectivity index (χ1v) is 10.1. The van der Waals surface area contributed by atoms with E-state index in [2.05, 4.69) is 0 Å². The van der Waals surface area contributed by atoms with Gasteiger partial charge < -0.3 is 4.42 Å². The van der Waals surface area contributed by atoms with Crippen molar-refractivity contribution in [3.8, 4) is 0 Å². The minimum absolute atomic E-state index is 0.153. The summed E-state index contributed by atoms with van der Waals surface area (Å²) < 4.78 is 54.3. The van der Waals surface area contributed by atoms with E-state index in [0.29, 0.717) is 11.5 Å². The Balaban J connectivity index is 2.19. The molecule has 2 aromatic rings. The molecule has 0 spiro atoms. The van der Waals surface area contributed by atoms with Crippen LogP contribution in [0.2, 0.25) is 0 Å². The van der Waals surface area contributed by atoms with Crippen LogP contribution in [0.1, 0.15) is 11.5 Å². The van der Waals surface area contributed by atoms with Gasteiger partial charge in [-0.3, -0.25) is 4.79 Å². The highest BCUT2D eigenvalue weighted by atomic mass is 32.2. The van der Waals surface area contributed by atoms with Crippen molar-refractivity contribution in [1.29, 1.82) is 0 Å². The van der Waals surface area contributed by atoms with Crippen LogP contribution >= 0.6 is 0 Å². The van der Waals surface area contributed by atoms with Crippen molar-refractivity contribution >= 4 is 31.8 Å². The summed E-state index contributed by atoms with van der Waals surface area (Å²) in [5.41, 5.74) is 0. The Hall–Kier alpha value is -2.39. The second kappa shape index (κ2) is 6.62. The first kappa shape index (κ1) is 18.0. The number of aryl methyl sites for hydroxylation is 1. The molecule has 1 heterocycles. The number of sulfone groups is 1. The molecule has 1 amide bonds. The number of amides is 1. The third-order valence-electron chi connectivity index (χ3n) is 2.94. The Morgan fingerprint density at radius 1 is 1.08 bits per heavy atom. The summed E-state index contributed by atoms with van der Waals surface area (Å²) in [4.78, 5) is 11.3. The summed E-state index contributed by atoms with van der Waals surface area (Å²) in [6, 6.07) is 8.08. The first-order valence-electron chi connectivity index (χ1n) is 6.69. The predicted molar refractivity (Wildman–Crippen MR) is 87.4 cm³/mol. The van der Waals surface area contributed by atoms with Gasteiger partial charge in [-0.25, -0.2) is 21.6 Å². The smallest absolute Gasteiger partial charge is 0.264 e. The van der Waals surface area contributed by atoms with Gasteiger partial charge in [0.2, 0.25) is 0 Å². The summed E-state index contributed by atoms with van der Waals surface area (Å²) in [6.07, 6.45) is 3.30. The van der Waals surface area contributed by atoms with Crippen LogP contribution < -0.4 is 4.72 Å². The molecule has 0 radical (unpaired) electrons. The molecule has 0 bridgehead atoms. The molecule has 0 aliphatic carbocycles. The fourth-order valence-corrected chi connectivity index (χ4v) is 3.53. The minimum atomic E-state index is -4.19. The van der Waals surface area contributed by atoms with Gasteiger partial charge in [0.25, 0.3) is 15.9 Å². The van der Waals surface area contributed by atoms with E-state index >= 15 is 0 Å². The van der Waals surface area contributed by atoms with Crippen LogP contribution in [0.5, 0.6) is 0 Å². The van der Waals surface area contributed by atoms with Gasteiger partial charge in [0, 0.05) is 12.3 Å². The molecule has 7 nitrogen and oxygen atoms in total. The summed E-state index contributed by atoms with van der Waals surface area (Å²) in [5, 5.41) is 0. The lowest BCUT2D eigenvalue weighted by Crippen LogP contribution is -2.29. The highest BCUT2D eigenvalue weighted by Crippen LogP contribution is 2.15. The average molecular weight is 369 g/mol. The first-order chi connectivity index (χ1) is 11.1. The summed E-state index contributed by atoms with van der Waals surface area (Å²) >= 11 is 0. The number of hydrogen-bond donors (Lipinski definition) is 1. The Labute approximate surface area is 140 Å². The van der Waals surface area contributed by atoms with Crippen LogP contribution in [0, 0.1) is 6.92 Å². The third-order valence-corrected chi connectivity index (χ3v) is 5.39. The molecule has 24 heavy (non-hydrogen) atoms. The molecule has 2 rings (SSSR count). The van der Waals surface area contributed by atoms with Crippen molar-refractivity contribution < 1.29 is 26.0 Å². The molecule has 128 valence electrons. The van der Waals surface area contributed by atoms with Gasteiger partial charge in [-0.05, 0) is 43.3 Å². The number of hydrogen-bond acceptors (Lipinski definition) is 6. The van der Waals surface area contributed by atoms with E-state index in [-0.39, 0.29) is 9.79 Å². The number of furan rings is 1. The fraction of sp³-hybridized carbons (Fsp3) is 0.133. The number of sulfonamides is 1. The zero-order chi connectivity index (χ0) is 18.0. The molecule has 0 saturated carbocycles. The third kappa shape index (κ3) is 4.56. The van der Waals surface area contributed by atoms with E-state index in [1.165, 1.54) is 24.3 Å². The van der Waals surface area contributed by atoms with Gasteiger partial charge in [-0.15, -0.1) is 0 Å². The van der Waals surface area contributed by atoms with Crippen molar-refractivity contribution in [3.63, 3.8) is 0 Å². The molecule has 0 unspecified atom stereocenters. The maximum absolute atomic E-state index is 12.2. The molecule has 0 aliphatic heterocycles. The van der Waals surface area contributed by atoms with Gasteiger partial charge in [-0.1, -0.05) is 6.07 Å². The monoisotopic (exact) mass is 369 g/mol. The van der Waals surface area contributed by atoms with Gasteiger partial charge in [-0.2, -0.15) is 0 Å². The van der Waals surface area contributed by atoms with Crippen molar-refractivity contribution in [1.82, 2.24) is 4.72 Å². The normalized spacial score (nSPS) is 12.4. The largest absolute Gasteiger partial charge is 0.462 e. The molecular weight excluding hydrogens is 354 g/mol. The maximum Gasteiger partial charge on any atom is 0.264 e.